The van der Waals surface area contributed by atoms with E-state index < -0.39 is 0 Å². The summed E-state index contributed by atoms with van der Waals surface area (Å²) in [7, 11) is 1.72. The Bertz CT molecular complexity index is 838. The summed E-state index contributed by atoms with van der Waals surface area (Å²) in [5.74, 6) is 0.857. The van der Waals surface area contributed by atoms with Crippen LogP contribution in [0.5, 0.6) is 0 Å². The zero-order chi connectivity index (χ0) is 18.4. The lowest BCUT2D eigenvalue weighted by Gasteiger charge is -2.55. The number of morpholine rings is 1. The highest BCUT2D eigenvalue weighted by molar-refractivity contribution is 5.83. The van der Waals surface area contributed by atoms with Gasteiger partial charge in [-0.05, 0) is 36.5 Å². The van der Waals surface area contributed by atoms with E-state index in [-0.39, 0.29) is 17.6 Å². The fourth-order valence-corrected chi connectivity index (χ4v) is 4.72. The molecule has 1 saturated carbocycles. The number of carbonyl (C=O) groups is 1. The topological polar surface area (TPSA) is 60.6 Å². The van der Waals surface area contributed by atoms with Crippen LogP contribution in [0.1, 0.15) is 18.4 Å². The third kappa shape index (κ3) is 3.26. The van der Waals surface area contributed by atoms with Gasteiger partial charge < -0.3 is 15.0 Å². The van der Waals surface area contributed by atoms with Gasteiger partial charge in [0.15, 0.2) is 0 Å². The van der Waals surface area contributed by atoms with Gasteiger partial charge in [0.05, 0.1) is 6.61 Å². The van der Waals surface area contributed by atoms with Crippen molar-refractivity contribution >= 4 is 16.8 Å². The van der Waals surface area contributed by atoms with Crippen molar-refractivity contribution in [2.45, 2.75) is 31.0 Å². The molecule has 3 fully saturated rings. The molecule has 144 valence electrons. The number of rotatable bonds is 5. The summed E-state index contributed by atoms with van der Waals surface area (Å²) in [6, 6.07) is 8.47. The van der Waals surface area contributed by atoms with Crippen molar-refractivity contribution in [1.29, 1.82) is 0 Å². The van der Waals surface area contributed by atoms with Crippen LogP contribution in [0.25, 0.3) is 10.9 Å². The molecule has 2 saturated heterocycles. The second-order valence-electron chi connectivity index (χ2n) is 8.50. The quantitative estimate of drug-likeness (QED) is 0.841. The van der Waals surface area contributed by atoms with Crippen molar-refractivity contribution in [3.05, 3.63) is 36.0 Å². The number of likely N-dealkylation sites (tertiary alicyclic amines) is 1. The minimum atomic E-state index is -0.135. The average molecular weight is 368 g/mol. The van der Waals surface area contributed by atoms with Gasteiger partial charge in [0.2, 0.25) is 5.91 Å². The molecule has 0 bridgehead atoms. The molecule has 3 aliphatic rings. The van der Waals surface area contributed by atoms with Gasteiger partial charge in [-0.25, -0.2) is 0 Å². The molecule has 2 N–H and O–H groups in total. The molecule has 1 aliphatic carbocycles. The second kappa shape index (κ2) is 6.62. The highest BCUT2D eigenvalue weighted by Crippen LogP contribution is 2.36. The van der Waals surface area contributed by atoms with Crippen LogP contribution in [-0.4, -0.2) is 72.2 Å². The summed E-state index contributed by atoms with van der Waals surface area (Å²) >= 11 is 0. The number of carbonyl (C=O) groups excluding carboxylic acids is 1. The van der Waals surface area contributed by atoms with Gasteiger partial charge >= 0.3 is 0 Å². The van der Waals surface area contributed by atoms with Gasteiger partial charge in [-0.3, -0.25) is 14.6 Å². The number of nitrogens with zero attached hydrogens (tertiary/aromatic N) is 2. The fourth-order valence-electron chi connectivity index (χ4n) is 4.72. The van der Waals surface area contributed by atoms with Crippen molar-refractivity contribution in [1.82, 2.24) is 20.1 Å². The van der Waals surface area contributed by atoms with E-state index in [0.29, 0.717) is 6.61 Å². The second-order valence-corrected chi connectivity index (χ2v) is 8.50. The first-order valence-corrected chi connectivity index (χ1v) is 10.0. The van der Waals surface area contributed by atoms with Crippen LogP contribution in [0.15, 0.2) is 30.5 Å². The largest absolute Gasteiger partial charge is 0.369 e. The van der Waals surface area contributed by atoms with Crippen LogP contribution in [0.2, 0.25) is 0 Å². The summed E-state index contributed by atoms with van der Waals surface area (Å²) in [4.78, 5) is 20.4. The van der Waals surface area contributed by atoms with Crippen LogP contribution >= 0.6 is 0 Å². The Morgan fingerprint density at radius 1 is 1.30 bits per heavy atom. The van der Waals surface area contributed by atoms with Crippen LogP contribution in [-0.2, 0) is 16.1 Å². The molecule has 6 heteroatoms. The number of aromatic nitrogens is 1. The monoisotopic (exact) mass is 368 g/mol. The SMILES string of the molecule is CNC(=O)C1COC2(CN(Cc3cccc4[nH]ccc34)C2)CN1CC1CC1. The van der Waals surface area contributed by atoms with Crippen LogP contribution in [0, 0.1) is 5.92 Å². The van der Waals surface area contributed by atoms with Gasteiger partial charge in [-0.15, -0.1) is 0 Å². The molecule has 5 rings (SSSR count). The number of benzene rings is 1. The summed E-state index contributed by atoms with van der Waals surface area (Å²) in [5, 5.41) is 4.11. The molecule has 2 aliphatic heterocycles. The summed E-state index contributed by atoms with van der Waals surface area (Å²) in [6.45, 7) is 5.23. The van der Waals surface area contributed by atoms with E-state index in [2.05, 4.69) is 44.4 Å². The first kappa shape index (κ1) is 17.2. The van der Waals surface area contributed by atoms with E-state index in [9.17, 15) is 4.79 Å². The van der Waals surface area contributed by atoms with Crippen molar-refractivity contribution in [3.8, 4) is 0 Å². The third-order valence-corrected chi connectivity index (χ3v) is 6.32. The molecule has 0 radical (unpaired) electrons. The zero-order valence-corrected chi connectivity index (χ0v) is 15.9. The van der Waals surface area contributed by atoms with Crippen LogP contribution in [0.3, 0.4) is 0 Å². The number of aromatic amines is 1. The Morgan fingerprint density at radius 2 is 2.15 bits per heavy atom. The maximum absolute atomic E-state index is 12.3. The normalized spacial score (nSPS) is 25.6. The van der Waals surface area contributed by atoms with Crippen LogP contribution < -0.4 is 5.32 Å². The summed E-state index contributed by atoms with van der Waals surface area (Å²) in [5.41, 5.74) is 2.45. The number of H-pyrrole nitrogens is 1. The van der Waals surface area contributed by atoms with Crippen molar-refractivity contribution in [3.63, 3.8) is 0 Å². The highest BCUT2D eigenvalue weighted by Gasteiger charge is 2.50. The molecule has 3 heterocycles. The van der Waals surface area contributed by atoms with E-state index in [4.69, 9.17) is 4.74 Å². The number of hydrogen-bond acceptors (Lipinski definition) is 4. The molecule has 2 aromatic rings. The van der Waals surface area contributed by atoms with E-state index in [1.54, 1.807) is 7.05 Å². The molecular formula is C21H28N4O2. The maximum Gasteiger partial charge on any atom is 0.239 e. The van der Waals surface area contributed by atoms with E-state index in [1.165, 1.54) is 29.3 Å². The first-order valence-electron chi connectivity index (χ1n) is 10.0. The average Bonchev–Trinajstić information content (AvgIpc) is 3.32. The highest BCUT2D eigenvalue weighted by atomic mass is 16.5. The number of likely N-dealkylation sites (N-methyl/N-ethyl adjacent to an activating group) is 1. The fraction of sp³-hybridized carbons (Fsp3) is 0.571. The number of amides is 1. The van der Waals surface area contributed by atoms with E-state index >= 15 is 0 Å². The summed E-state index contributed by atoms with van der Waals surface area (Å²) in [6.07, 6.45) is 4.61. The van der Waals surface area contributed by atoms with E-state index in [1.807, 2.05) is 6.20 Å². The van der Waals surface area contributed by atoms with Crippen molar-refractivity contribution in [2.24, 2.45) is 5.92 Å². The molecule has 1 atom stereocenters. The van der Waals surface area contributed by atoms with E-state index in [0.717, 1.165) is 38.6 Å². The standard InChI is InChI=1S/C21H28N4O2/c1-22-20(26)19-11-27-21(14-25(19)9-15-5-6-15)12-24(13-21)10-16-3-2-4-18-17(16)7-8-23-18/h2-4,7-8,15,19,23H,5-6,9-14H2,1H3,(H,22,26). The Labute approximate surface area is 159 Å². The Kier molecular flexibility index (Phi) is 4.22. The molecule has 1 aromatic carbocycles. The lowest BCUT2D eigenvalue weighted by Crippen LogP contribution is -2.72. The molecule has 1 amide bonds. The smallest absolute Gasteiger partial charge is 0.239 e. The number of ether oxygens (including phenoxy) is 1. The molecule has 1 aromatic heterocycles. The molecule has 1 unspecified atom stereocenters. The minimum Gasteiger partial charge on any atom is -0.369 e. The number of hydrogen-bond donors (Lipinski definition) is 2. The predicted octanol–water partition coefficient (Wildman–Crippen LogP) is 1.58. The Morgan fingerprint density at radius 3 is 2.93 bits per heavy atom. The lowest BCUT2D eigenvalue weighted by molar-refractivity contribution is -0.202. The van der Waals surface area contributed by atoms with Gasteiger partial charge in [-0.1, -0.05) is 12.1 Å². The lowest BCUT2D eigenvalue weighted by atomic mass is 9.89. The molecular weight excluding hydrogens is 340 g/mol. The molecule has 1 spiro atoms. The molecule has 6 nitrogen and oxygen atoms in total. The van der Waals surface area contributed by atoms with Crippen LogP contribution in [0.4, 0.5) is 0 Å². The zero-order valence-electron chi connectivity index (χ0n) is 15.9. The Balaban J connectivity index is 1.24. The van der Waals surface area contributed by atoms with Crippen molar-refractivity contribution in [2.75, 3.05) is 39.8 Å². The first-order chi connectivity index (χ1) is 13.2. The van der Waals surface area contributed by atoms with Gasteiger partial charge in [0.25, 0.3) is 0 Å². The molecule has 27 heavy (non-hydrogen) atoms. The third-order valence-electron chi connectivity index (χ3n) is 6.32. The predicted molar refractivity (Wildman–Crippen MR) is 104 cm³/mol. The minimum absolute atomic E-state index is 0.0841. The number of fused-ring (bicyclic) bond motifs is 1. The summed E-state index contributed by atoms with van der Waals surface area (Å²) < 4.78 is 6.26. The maximum atomic E-state index is 12.3. The van der Waals surface area contributed by atoms with Gasteiger partial charge in [0, 0.05) is 56.9 Å². The Hall–Kier alpha value is -1.89. The van der Waals surface area contributed by atoms with Gasteiger partial charge in [0.1, 0.15) is 11.6 Å². The number of nitrogens with one attached hydrogen (secondary N) is 2. The van der Waals surface area contributed by atoms with Crippen molar-refractivity contribution < 1.29 is 9.53 Å². The van der Waals surface area contributed by atoms with Gasteiger partial charge in [-0.2, -0.15) is 0 Å².